The number of halogens is 2. The van der Waals surface area contributed by atoms with Crippen molar-refractivity contribution < 1.29 is 0 Å². The molecule has 1 aromatic carbocycles. The molecular weight excluding hydrogens is 368 g/mol. The van der Waals surface area contributed by atoms with Crippen LogP contribution in [0.5, 0.6) is 0 Å². The minimum absolute atomic E-state index is 0.696. The van der Waals surface area contributed by atoms with E-state index in [0.29, 0.717) is 5.92 Å². The third-order valence-electron chi connectivity index (χ3n) is 3.99. The predicted octanol–water partition coefficient (Wildman–Crippen LogP) is 5.36. The van der Waals surface area contributed by atoms with Crippen molar-refractivity contribution in [2.75, 3.05) is 0 Å². The quantitative estimate of drug-likeness (QED) is 0.752. The summed E-state index contributed by atoms with van der Waals surface area (Å²) in [5.74, 6) is 0.696. The molecule has 1 aromatic heterocycles. The Morgan fingerprint density at radius 1 is 1.29 bits per heavy atom. The minimum atomic E-state index is 0.696. The van der Waals surface area contributed by atoms with E-state index in [-0.39, 0.29) is 0 Å². The highest BCUT2D eigenvalue weighted by atomic mass is 79.9. The summed E-state index contributed by atoms with van der Waals surface area (Å²) in [4.78, 5) is 6.35. The molecule has 0 atom stereocenters. The number of aromatic nitrogens is 1. The van der Waals surface area contributed by atoms with Crippen molar-refractivity contribution in [2.24, 2.45) is 0 Å². The lowest BCUT2D eigenvalue weighted by molar-refractivity contribution is 0.688. The highest BCUT2D eigenvalue weighted by Crippen LogP contribution is 2.44. The van der Waals surface area contributed by atoms with Gasteiger partial charge in [0.25, 0.3) is 0 Å². The summed E-state index contributed by atoms with van der Waals surface area (Å²) in [7, 11) is 0. The minimum Gasteiger partial charge on any atom is -0.309 e. The van der Waals surface area contributed by atoms with Crippen LogP contribution >= 0.6 is 38.9 Å². The molecule has 2 nitrogen and oxygen atoms in total. The van der Waals surface area contributed by atoms with Gasteiger partial charge in [0.05, 0.1) is 10.7 Å². The van der Waals surface area contributed by atoms with Crippen molar-refractivity contribution in [3.05, 3.63) is 38.3 Å². The smallest absolute Gasteiger partial charge is 0.123 e. The maximum Gasteiger partial charge on any atom is 0.123 e. The fourth-order valence-corrected chi connectivity index (χ4v) is 4.03. The summed E-state index contributed by atoms with van der Waals surface area (Å²) in [5.41, 5.74) is 2.48. The van der Waals surface area contributed by atoms with Crippen molar-refractivity contribution in [1.29, 1.82) is 0 Å². The summed E-state index contributed by atoms with van der Waals surface area (Å²) >= 11 is 11.4. The largest absolute Gasteiger partial charge is 0.309 e. The topological polar surface area (TPSA) is 24.9 Å². The van der Waals surface area contributed by atoms with E-state index in [1.165, 1.54) is 36.3 Å². The van der Waals surface area contributed by atoms with Crippen LogP contribution in [-0.2, 0) is 6.54 Å². The average Bonchev–Trinajstić information content (AvgIpc) is 3.39. The number of hydrogen-bond acceptors (Lipinski definition) is 3. The van der Waals surface area contributed by atoms with Gasteiger partial charge >= 0.3 is 0 Å². The third-order valence-corrected chi connectivity index (χ3v) is 6.32. The summed E-state index contributed by atoms with van der Waals surface area (Å²) in [6.07, 6.45) is 5.25. The Bertz CT molecular complexity index is 677. The highest BCUT2D eigenvalue weighted by Gasteiger charge is 2.30. The zero-order chi connectivity index (χ0) is 14.4. The first-order valence-electron chi connectivity index (χ1n) is 7.39. The van der Waals surface area contributed by atoms with Crippen LogP contribution < -0.4 is 5.32 Å². The Morgan fingerprint density at radius 2 is 2.10 bits per heavy atom. The Morgan fingerprint density at radius 3 is 2.76 bits per heavy atom. The second-order valence-corrected chi connectivity index (χ2v) is 8.23. The number of hydrogen-bond donors (Lipinski definition) is 1. The van der Waals surface area contributed by atoms with Crippen LogP contribution in [0.3, 0.4) is 0 Å². The van der Waals surface area contributed by atoms with Gasteiger partial charge in [-0.05, 0) is 53.7 Å². The van der Waals surface area contributed by atoms with Crippen LogP contribution in [0.2, 0.25) is 5.02 Å². The van der Waals surface area contributed by atoms with Crippen molar-refractivity contribution >= 4 is 38.9 Å². The van der Waals surface area contributed by atoms with E-state index in [2.05, 4.69) is 33.4 Å². The van der Waals surface area contributed by atoms with E-state index in [0.717, 1.165) is 32.7 Å². The number of nitrogens with zero attached hydrogens (tertiary/aromatic N) is 1. The molecule has 0 bridgehead atoms. The van der Waals surface area contributed by atoms with E-state index in [9.17, 15) is 0 Å². The molecule has 2 aromatic rings. The van der Waals surface area contributed by atoms with Crippen LogP contribution in [0.15, 0.2) is 22.7 Å². The number of rotatable bonds is 5. The zero-order valence-electron chi connectivity index (χ0n) is 11.5. The van der Waals surface area contributed by atoms with Gasteiger partial charge in [0, 0.05) is 33.4 Å². The lowest BCUT2D eigenvalue weighted by Crippen LogP contribution is -2.15. The standard InChI is InChI=1S/C16H16BrClN2S/c17-12-7-10(3-6-13(12)18)16-20-15(9-1-2-9)14(21-16)8-19-11-4-5-11/h3,6-7,9,11,19H,1-2,4-5,8H2. The Hall–Kier alpha value is -0.420. The summed E-state index contributed by atoms with van der Waals surface area (Å²) < 4.78 is 0.933. The Kier molecular flexibility index (Phi) is 3.82. The molecular formula is C16H16BrClN2S. The van der Waals surface area contributed by atoms with Gasteiger partial charge in [-0.1, -0.05) is 17.7 Å². The molecule has 5 heteroatoms. The maximum absolute atomic E-state index is 6.08. The van der Waals surface area contributed by atoms with Gasteiger partial charge in [-0.2, -0.15) is 0 Å². The van der Waals surface area contributed by atoms with E-state index in [1.54, 1.807) is 0 Å². The molecule has 0 spiro atoms. The fraction of sp³-hybridized carbons (Fsp3) is 0.438. The maximum atomic E-state index is 6.08. The molecule has 0 amide bonds. The third kappa shape index (κ3) is 3.19. The molecule has 2 saturated carbocycles. The van der Waals surface area contributed by atoms with Gasteiger partial charge in [-0.25, -0.2) is 4.98 Å². The van der Waals surface area contributed by atoms with E-state index < -0.39 is 0 Å². The van der Waals surface area contributed by atoms with E-state index >= 15 is 0 Å². The van der Waals surface area contributed by atoms with Crippen LogP contribution in [0.25, 0.3) is 10.6 Å². The van der Waals surface area contributed by atoms with E-state index in [1.807, 2.05) is 17.4 Å². The van der Waals surface area contributed by atoms with Crippen LogP contribution in [0.1, 0.15) is 42.2 Å². The summed E-state index contributed by atoms with van der Waals surface area (Å²) in [5, 5.41) is 5.48. The summed E-state index contributed by atoms with van der Waals surface area (Å²) in [6, 6.07) is 6.80. The predicted molar refractivity (Wildman–Crippen MR) is 92.1 cm³/mol. The molecule has 2 fully saturated rings. The number of benzene rings is 1. The number of thiazole rings is 1. The van der Waals surface area contributed by atoms with Gasteiger partial charge in [0.1, 0.15) is 5.01 Å². The van der Waals surface area contributed by atoms with Crippen molar-refractivity contribution in [1.82, 2.24) is 10.3 Å². The molecule has 1 heterocycles. The highest BCUT2D eigenvalue weighted by molar-refractivity contribution is 9.10. The van der Waals surface area contributed by atoms with Gasteiger partial charge in [0.15, 0.2) is 0 Å². The molecule has 2 aliphatic rings. The van der Waals surface area contributed by atoms with Crippen molar-refractivity contribution in [2.45, 2.75) is 44.2 Å². The Balaban J connectivity index is 1.64. The molecule has 0 unspecified atom stereocenters. The van der Waals surface area contributed by atoms with Crippen molar-refractivity contribution in [3.8, 4) is 10.6 Å². The normalized spacial score (nSPS) is 18.2. The molecule has 21 heavy (non-hydrogen) atoms. The Labute approximate surface area is 142 Å². The lowest BCUT2D eigenvalue weighted by Gasteiger charge is -2.01. The molecule has 0 saturated heterocycles. The molecule has 0 aliphatic heterocycles. The second-order valence-electron chi connectivity index (χ2n) is 5.89. The average molecular weight is 384 g/mol. The molecule has 110 valence electrons. The van der Waals surface area contributed by atoms with Crippen LogP contribution in [-0.4, -0.2) is 11.0 Å². The number of nitrogens with one attached hydrogen (secondary N) is 1. The van der Waals surface area contributed by atoms with Gasteiger partial charge in [-0.15, -0.1) is 11.3 Å². The van der Waals surface area contributed by atoms with Crippen LogP contribution in [0, 0.1) is 0 Å². The SMILES string of the molecule is Clc1ccc(-c2nc(C3CC3)c(CNC3CC3)s2)cc1Br. The first-order chi connectivity index (χ1) is 10.2. The molecule has 4 rings (SSSR count). The molecule has 0 radical (unpaired) electrons. The van der Waals surface area contributed by atoms with Crippen LogP contribution in [0.4, 0.5) is 0 Å². The zero-order valence-corrected chi connectivity index (χ0v) is 14.7. The van der Waals surface area contributed by atoms with Gasteiger partial charge in [-0.3, -0.25) is 0 Å². The van der Waals surface area contributed by atoms with Gasteiger partial charge in [0.2, 0.25) is 0 Å². The first-order valence-corrected chi connectivity index (χ1v) is 9.38. The summed E-state index contributed by atoms with van der Waals surface area (Å²) in [6.45, 7) is 0.975. The molecule has 2 aliphatic carbocycles. The second kappa shape index (κ2) is 5.65. The van der Waals surface area contributed by atoms with Gasteiger partial charge < -0.3 is 5.32 Å². The monoisotopic (exact) mass is 382 g/mol. The van der Waals surface area contributed by atoms with Crippen molar-refractivity contribution in [3.63, 3.8) is 0 Å². The fourth-order valence-electron chi connectivity index (χ4n) is 2.44. The molecule has 1 N–H and O–H groups in total. The first kappa shape index (κ1) is 14.2. The lowest BCUT2D eigenvalue weighted by atomic mass is 10.2. The van der Waals surface area contributed by atoms with E-state index in [4.69, 9.17) is 16.6 Å².